The Bertz CT molecular complexity index is 999. The van der Waals surface area contributed by atoms with Crippen LogP contribution in [0.1, 0.15) is 5.56 Å². The Kier molecular flexibility index (Phi) is 4.79. The molecule has 1 aliphatic heterocycles. The summed E-state index contributed by atoms with van der Waals surface area (Å²) in [5, 5.41) is 7.12. The van der Waals surface area contributed by atoms with Crippen LogP contribution in [-0.2, 0) is 6.54 Å². The summed E-state index contributed by atoms with van der Waals surface area (Å²) in [6.07, 6.45) is 1.42. The highest BCUT2D eigenvalue weighted by molar-refractivity contribution is 6.43. The van der Waals surface area contributed by atoms with E-state index in [1.807, 2.05) is 18.2 Å². The van der Waals surface area contributed by atoms with Crippen LogP contribution in [0.3, 0.4) is 0 Å². The highest BCUT2D eigenvalue weighted by Crippen LogP contribution is 2.35. The number of nitrogen functional groups attached to an aromatic ring is 1. The fourth-order valence-corrected chi connectivity index (χ4v) is 2.95. The van der Waals surface area contributed by atoms with Crippen LogP contribution < -0.4 is 25.8 Å². The Balaban J connectivity index is 1.51. The summed E-state index contributed by atoms with van der Waals surface area (Å²) in [6.45, 7) is 0.751. The molecule has 0 spiro atoms. The summed E-state index contributed by atoms with van der Waals surface area (Å²) in [5.41, 5.74) is 8.18. The van der Waals surface area contributed by atoms with Crippen molar-refractivity contribution in [2.45, 2.75) is 6.54 Å². The molecule has 1 aromatic heterocycles. The molecule has 4 rings (SSSR count). The second kappa shape index (κ2) is 7.38. The topological polar surface area (TPSA) is 94.3 Å². The van der Waals surface area contributed by atoms with Gasteiger partial charge in [0.05, 0.1) is 15.7 Å². The van der Waals surface area contributed by atoms with Gasteiger partial charge in [0.15, 0.2) is 23.1 Å². The summed E-state index contributed by atoms with van der Waals surface area (Å²) >= 11 is 12.2. The highest BCUT2D eigenvalue weighted by Gasteiger charge is 2.14. The molecule has 0 radical (unpaired) electrons. The lowest BCUT2D eigenvalue weighted by molar-refractivity contribution is 0.174. The number of hydrogen-bond donors (Lipinski definition) is 3. The highest BCUT2D eigenvalue weighted by atomic mass is 35.5. The number of halogens is 2. The third-order valence-electron chi connectivity index (χ3n) is 3.99. The molecule has 0 aliphatic carbocycles. The largest absolute Gasteiger partial charge is 0.454 e. The molecule has 0 amide bonds. The normalized spacial score (nSPS) is 12.1. The average Bonchev–Trinajstić information content (AvgIpc) is 3.14. The fourth-order valence-electron chi connectivity index (χ4n) is 2.60. The quantitative estimate of drug-likeness (QED) is 0.578. The van der Waals surface area contributed by atoms with Gasteiger partial charge in [0.1, 0.15) is 12.0 Å². The van der Waals surface area contributed by atoms with Crippen LogP contribution in [0.4, 0.5) is 23.0 Å². The number of nitrogens with two attached hydrogens (primary N) is 1. The van der Waals surface area contributed by atoms with Crippen molar-refractivity contribution < 1.29 is 9.47 Å². The lowest BCUT2D eigenvalue weighted by Gasteiger charge is -2.14. The van der Waals surface area contributed by atoms with E-state index in [0.717, 1.165) is 17.1 Å². The summed E-state index contributed by atoms with van der Waals surface area (Å²) < 4.78 is 10.7. The lowest BCUT2D eigenvalue weighted by Crippen LogP contribution is -2.08. The van der Waals surface area contributed by atoms with Gasteiger partial charge in [-0.05, 0) is 29.8 Å². The van der Waals surface area contributed by atoms with E-state index in [4.69, 9.17) is 38.4 Å². The molecule has 2 aromatic carbocycles. The van der Waals surface area contributed by atoms with Crippen LogP contribution in [0.25, 0.3) is 0 Å². The molecule has 0 fully saturated rings. The smallest absolute Gasteiger partial charge is 0.231 e. The minimum absolute atomic E-state index is 0.242. The van der Waals surface area contributed by atoms with Crippen molar-refractivity contribution in [2.24, 2.45) is 0 Å². The number of fused-ring (bicyclic) bond motifs is 1. The Morgan fingerprint density at radius 1 is 1.04 bits per heavy atom. The lowest BCUT2D eigenvalue weighted by atomic mass is 10.2. The van der Waals surface area contributed by atoms with Gasteiger partial charge in [0.25, 0.3) is 0 Å². The number of ether oxygens (including phenoxy) is 2. The van der Waals surface area contributed by atoms with Crippen molar-refractivity contribution in [3.63, 3.8) is 0 Å². The van der Waals surface area contributed by atoms with E-state index in [1.54, 1.807) is 18.2 Å². The predicted molar refractivity (Wildman–Crippen MR) is 106 cm³/mol. The zero-order valence-corrected chi connectivity index (χ0v) is 15.5. The van der Waals surface area contributed by atoms with Crippen LogP contribution in [0.15, 0.2) is 42.7 Å². The summed E-state index contributed by atoms with van der Waals surface area (Å²) in [5.74, 6) is 2.40. The number of benzene rings is 2. The van der Waals surface area contributed by atoms with Gasteiger partial charge in [-0.15, -0.1) is 0 Å². The maximum Gasteiger partial charge on any atom is 0.231 e. The zero-order chi connectivity index (χ0) is 18.8. The third-order valence-corrected chi connectivity index (χ3v) is 4.80. The van der Waals surface area contributed by atoms with Crippen molar-refractivity contribution in [1.82, 2.24) is 9.97 Å². The number of nitrogens with zero attached hydrogens (tertiary/aromatic N) is 2. The van der Waals surface area contributed by atoms with E-state index in [9.17, 15) is 0 Å². The number of rotatable bonds is 5. The first-order valence-corrected chi connectivity index (χ1v) is 8.81. The molecule has 1 aliphatic rings. The van der Waals surface area contributed by atoms with Gasteiger partial charge in [-0.3, -0.25) is 0 Å². The molecule has 7 nitrogen and oxygen atoms in total. The van der Waals surface area contributed by atoms with E-state index in [-0.39, 0.29) is 6.79 Å². The number of anilines is 4. The summed E-state index contributed by atoms with van der Waals surface area (Å²) in [7, 11) is 0. The van der Waals surface area contributed by atoms with Crippen LogP contribution >= 0.6 is 23.2 Å². The fraction of sp³-hybridized carbons (Fsp3) is 0.111. The molecule has 9 heteroatoms. The minimum atomic E-state index is 0.242. The first-order valence-electron chi connectivity index (χ1n) is 8.06. The van der Waals surface area contributed by atoms with Gasteiger partial charge in [-0.25, -0.2) is 9.97 Å². The maximum absolute atomic E-state index is 6.21. The molecular formula is C18H15Cl2N5O2. The van der Waals surface area contributed by atoms with Gasteiger partial charge >= 0.3 is 0 Å². The van der Waals surface area contributed by atoms with Crippen molar-refractivity contribution in [1.29, 1.82) is 0 Å². The monoisotopic (exact) mass is 403 g/mol. The molecule has 0 saturated carbocycles. The number of nitrogens with one attached hydrogen (secondary N) is 2. The SMILES string of the molecule is Nc1c(NCc2ccc3c(c2)OCO3)ncnc1Nc1cccc(Cl)c1Cl. The van der Waals surface area contributed by atoms with E-state index in [1.165, 1.54) is 6.33 Å². The third kappa shape index (κ3) is 3.65. The molecule has 0 saturated heterocycles. The van der Waals surface area contributed by atoms with Gasteiger partial charge < -0.3 is 25.8 Å². The summed E-state index contributed by atoms with van der Waals surface area (Å²) in [6, 6.07) is 11.0. The van der Waals surface area contributed by atoms with Crippen molar-refractivity contribution in [2.75, 3.05) is 23.2 Å². The standard InChI is InChI=1S/C18H15Cl2N5O2/c19-11-2-1-3-12(15(11)20)25-18-16(21)17(23-8-24-18)22-7-10-4-5-13-14(6-10)27-9-26-13/h1-6,8H,7,9,21H2,(H2,22,23,24,25). The van der Waals surface area contributed by atoms with Gasteiger partial charge in [0, 0.05) is 6.54 Å². The first-order chi connectivity index (χ1) is 13.1. The maximum atomic E-state index is 6.21. The number of aromatic nitrogens is 2. The molecule has 27 heavy (non-hydrogen) atoms. The molecule has 4 N–H and O–H groups in total. The number of hydrogen-bond acceptors (Lipinski definition) is 7. The van der Waals surface area contributed by atoms with Crippen LogP contribution in [0.2, 0.25) is 10.0 Å². The molecule has 2 heterocycles. The van der Waals surface area contributed by atoms with Gasteiger partial charge in [-0.2, -0.15) is 0 Å². The minimum Gasteiger partial charge on any atom is -0.454 e. The van der Waals surface area contributed by atoms with Crippen molar-refractivity contribution >= 4 is 46.2 Å². The summed E-state index contributed by atoms with van der Waals surface area (Å²) in [4.78, 5) is 8.39. The van der Waals surface area contributed by atoms with E-state index >= 15 is 0 Å². The van der Waals surface area contributed by atoms with E-state index in [2.05, 4.69) is 20.6 Å². The van der Waals surface area contributed by atoms with Gasteiger partial charge in [-0.1, -0.05) is 35.3 Å². The Morgan fingerprint density at radius 3 is 2.74 bits per heavy atom. The molecule has 0 atom stereocenters. The van der Waals surface area contributed by atoms with Crippen LogP contribution in [-0.4, -0.2) is 16.8 Å². The Hall–Kier alpha value is -2.90. The first kappa shape index (κ1) is 17.5. The molecular weight excluding hydrogens is 389 g/mol. The Labute approximate surface area is 165 Å². The van der Waals surface area contributed by atoms with Crippen LogP contribution in [0, 0.1) is 0 Å². The van der Waals surface area contributed by atoms with Crippen LogP contribution in [0.5, 0.6) is 11.5 Å². The Morgan fingerprint density at radius 2 is 1.85 bits per heavy atom. The molecule has 3 aromatic rings. The predicted octanol–water partition coefficient (Wildman–Crippen LogP) is 4.45. The van der Waals surface area contributed by atoms with E-state index in [0.29, 0.717) is 39.6 Å². The van der Waals surface area contributed by atoms with E-state index < -0.39 is 0 Å². The van der Waals surface area contributed by atoms with Crippen molar-refractivity contribution in [3.05, 3.63) is 58.3 Å². The molecule has 0 bridgehead atoms. The second-order valence-electron chi connectivity index (χ2n) is 5.75. The molecule has 0 unspecified atom stereocenters. The average molecular weight is 404 g/mol. The molecule has 138 valence electrons. The van der Waals surface area contributed by atoms with Crippen molar-refractivity contribution in [3.8, 4) is 11.5 Å². The second-order valence-corrected chi connectivity index (χ2v) is 6.54. The van der Waals surface area contributed by atoms with Gasteiger partial charge in [0.2, 0.25) is 6.79 Å². The zero-order valence-electron chi connectivity index (χ0n) is 14.0.